The van der Waals surface area contributed by atoms with Crippen molar-refractivity contribution in [1.82, 2.24) is 14.4 Å². The maximum absolute atomic E-state index is 12.7. The Balaban J connectivity index is 1.39. The number of fused-ring (bicyclic) bond motifs is 1. The fraction of sp³-hybridized carbons (Fsp3) is 0.304. The molecule has 1 aliphatic rings. The van der Waals surface area contributed by atoms with E-state index in [0.29, 0.717) is 39.3 Å². The molecule has 3 aromatic rings. The minimum absolute atomic E-state index is 0.0683. The van der Waals surface area contributed by atoms with Crippen LogP contribution < -0.4 is 4.74 Å². The van der Waals surface area contributed by atoms with Crippen molar-refractivity contribution in [1.29, 1.82) is 0 Å². The molecule has 0 saturated carbocycles. The van der Waals surface area contributed by atoms with Crippen molar-refractivity contribution in [2.24, 2.45) is 0 Å². The Morgan fingerprint density at radius 2 is 1.66 bits per heavy atom. The summed E-state index contributed by atoms with van der Waals surface area (Å²) in [7, 11) is 0. The minimum atomic E-state index is 0.0683. The quantitative estimate of drug-likeness (QED) is 0.672. The van der Waals surface area contributed by atoms with Gasteiger partial charge in [-0.3, -0.25) is 9.59 Å². The van der Waals surface area contributed by atoms with Crippen LogP contribution in [0.15, 0.2) is 60.8 Å². The molecule has 0 unspecified atom stereocenters. The van der Waals surface area contributed by atoms with Gasteiger partial charge in [-0.1, -0.05) is 30.3 Å². The van der Waals surface area contributed by atoms with E-state index in [4.69, 9.17) is 4.74 Å². The Morgan fingerprint density at radius 3 is 2.38 bits per heavy atom. The van der Waals surface area contributed by atoms with Gasteiger partial charge >= 0.3 is 0 Å². The van der Waals surface area contributed by atoms with E-state index in [0.717, 1.165) is 22.2 Å². The van der Waals surface area contributed by atoms with Crippen LogP contribution in [0.4, 0.5) is 0 Å². The highest BCUT2D eigenvalue weighted by molar-refractivity contribution is 5.84. The number of aromatic nitrogens is 1. The lowest BCUT2D eigenvalue weighted by Crippen LogP contribution is -2.50. The fourth-order valence-corrected chi connectivity index (χ4v) is 3.66. The molecule has 2 heterocycles. The minimum Gasteiger partial charge on any atom is -0.489 e. The van der Waals surface area contributed by atoms with Gasteiger partial charge in [0.15, 0.2) is 0 Å². The molecule has 6 nitrogen and oxygen atoms in total. The van der Waals surface area contributed by atoms with E-state index in [1.807, 2.05) is 70.3 Å². The van der Waals surface area contributed by atoms with E-state index in [1.165, 1.54) is 0 Å². The van der Waals surface area contributed by atoms with Gasteiger partial charge in [0.25, 0.3) is 0 Å². The average Bonchev–Trinajstić information content (AvgIpc) is 3.15. The summed E-state index contributed by atoms with van der Waals surface area (Å²) in [6.07, 6.45) is 1.94. The van der Waals surface area contributed by atoms with Gasteiger partial charge in [0.2, 0.25) is 11.8 Å². The van der Waals surface area contributed by atoms with E-state index in [1.54, 1.807) is 11.8 Å². The Labute approximate surface area is 170 Å². The molecular weight excluding hydrogens is 366 g/mol. The highest BCUT2D eigenvalue weighted by atomic mass is 16.5. The zero-order chi connectivity index (χ0) is 20.2. The van der Waals surface area contributed by atoms with Crippen LogP contribution in [-0.2, 0) is 22.7 Å². The molecule has 2 amide bonds. The van der Waals surface area contributed by atoms with E-state index in [9.17, 15) is 9.59 Å². The van der Waals surface area contributed by atoms with Crippen LogP contribution in [0, 0.1) is 0 Å². The molecule has 29 heavy (non-hydrogen) atoms. The summed E-state index contributed by atoms with van der Waals surface area (Å²) in [5.41, 5.74) is 2.13. The number of carbonyl (C=O) groups is 2. The molecule has 0 bridgehead atoms. The van der Waals surface area contributed by atoms with Gasteiger partial charge in [-0.2, -0.15) is 0 Å². The number of piperazine rings is 1. The van der Waals surface area contributed by atoms with E-state index in [-0.39, 0.29) is 11.8 Å². The zero-order valence-corrected chi connectivity index (χ0v) is 16.6. The number of hydrogen-bond donors (Lipinski definition) is 0. The van der Waals surface area contributed by atoms with Gasteiger partial charge in [0, 0.05) is 50.2 Å². The number of ether oxygens (including phenoxy) is 1. The predicted molar refractivity (Wildman–Crippen MR) is 112 cm³/mol. The molecule has 1 fully saturated rings. The van der Waals surface area contributed by atoms with E-state index < -0.39 is 0 Å². The second-order valence-corrected chi connectivity index (χ2v) is 7.33. The first-order chi connectivity index (χ1) is 14.1. The van der Waals surface area contributed by atoms with Gasteiger partial charge in [-0.05, 0) is 29.8 Å². The third-order valence-corrected chi connectivity index (χ3v) is 5.37. The molecule has 0 atom stereocenters. The maximum atomic E-state index is 12.7. The third kappa shape index (κ3) is 4.42. The number of benzene rings is 2. The Morgan fingerprint density at radius 1 is 0.931 bits per heavy atom. The fourth-order valence-electron chi connectivity index (χ4n) is 3.66. The van der Waals surface area contributed by atoms with Crippen molar-refractivity contribution < 1.29 is 14.3 Å². The first-order valence-electron chi connectivity index (χ1n) is 9.89. The lowest BCUT2D eigenvalue weighted by atomic mass is 10.2. The Hall–Kier alpha value is -3.28. The molecule has 1 aliphatic heterocycles. The highest BCUT2D eigenvalue weighted by Crippen LogP contribution is 2.23. The lowest BCUT2D eigenvalue weighted by molar-refractivity contribution is -0.138. The first kappa shape index (κ1) is 19.1. The van der Waals surface area contributed by atoms with Crippen LogP contribution in [0.3, 0.4) is 0 Å². The standard InChI is InChI=1S/C23H25N3O3/c1-18(27)24-11-13-25(14-12-24)23(28)16-26-10-9-20-15-21(7-8-22(20)26)29-17-19-5-3-2-4-6-19/h2-10,15H,11-14,16-17H2,1H3. The summed E-state index contributed by atoms with van der Waals surface area (Å²) in [4.78, 5) is 27.7. The molecule has 1 saturated heterocycles. The van der Waals surface area contributed by atoms with Crippen LogP contribution >= 0.6 is 0 Å². The molecule has 6 heteroatoms. The molecule has 2 aromatic carbocycles. The van der Waals surface area contributed by atoms with E-state index >= 15 is 0 Å². The van der Waals surface area contributed by atoms with Crippen molar-refractivity contribution in [3.05, 3.63) is 66.4 Å². The lowest BCUT2D eigenvalue weighted by Gasteiger charge is -2.34. The van der Waals surface area contributed by atoms with Gasteiger partial charge in [0.05, 0.1) is 0 Å². The SMILES string of the molecule is CC(=O)N1CCN(C(=O)Cn2ccc3cc(OCc4ccccc4)ccc32)CC1. The van der Waals surface area contributed by atoms with Gasteiger partial charge in [0.1, 0.15) is 18.9 Å². The summed E-state index contributed by atoms with van der Waals surface area (Å²) in [5.74, 6) is 0.958. The number of nitrogens with zero attached hydrogens (tertiary/aromatic N) is 3. The molecule has 4 rings (SSSR count). The van der Waals surface area contributed by atoms with E-state index in [2.05, 4.69) is 0 Å². The normalized spacial score (nSPS) is 14.2. The van der Waals surface area contributed by atoms with Crippen LogP contribution in [0.2, 0.25) is 0 Å². The monoisotopic (exact) mass is 391 g/mol. The zero-order valence-electron chi connectivity index (χ0n) is 16.6. The van der Waals surface area contributed by atoms with Crippen LogP contribution in [0.25, 0.3) is 10.9 Å². The summed E-state index contributed by atoms with van der Waals surface area (Å²) >= 11 is 0. The van der Waals surface area contributed by atoms with Gasteiger partial charge in [-0.25, -0.2) is 0 Å². The molecule has 150 valence electrons. The van der Waals surface area contributed by atoms with Gasteiger partial charge < -0.3 is 19.1 Å². The smallest absolute Gasteiger partial charge is 0.242 e. The molecule has 1 aromatic heterocycles. The summed E-state index contributed by atoms with van der Waals surface area (Å²) in [6.45, 7) is 4.79. The summed E-state index contributed by atoms with van der Waals surface area (Å²) in [5, 5.41) is 1.05. The van der Waals surface area contributed by atoms with Crippen LogP contribution in [0.5, 0.6) is 5.75 Å². The second-order valence-electron chi connectivity index (χ2n) is 7.33. The third-order valence-electron chi connectivity index (χ3n) is 5.37. The first-order valence-corrected chi connectivity index (χ1v) is 9.89. The summed E-state index contributed by atoms with van der Waals surface area (Å²) < 4.78 is 7.87. The van der Waals surface area contributed by atoms with Crippen LogP contribution in [-0.4, -0.2) is 52.4 Å². The molecule has 0 spiro atoms. The Bertz CT molecular complexity index is 1000. The summed E-state index contributed by atoms with van der Waals surface area (Å²) in [6, 6.07) is 18.0. The number of carbonyl (C=O) groups excluding carboxylic acids is 2. The van der Waals surface area contributed by atoms with Crippen molar-refractivity contribution in [2.45, 2.75) is 20.1 Å². The number of hydrogen-bond acceptors (Lipinski definition) is 3. The highest BCUT2D eigenvalue weighted by Gasteiger charge is 2.22. The van der Waals surface area contributed by atoms with Crippen molar-refractivity contribution >= 4 is 22.7 Å². The number of rotatable bonds is 5. The molecule has 0 radical (unpaired) electrons. The van der Waals surface area contributed by atoms with Crippen molar-refractivity contribution in [3.8, 4) is 5.75 Å². The average molecular weight is 391 g/mol. The van der Waals surface area contributed by atoms with Crippen molar-refractivity contribution in [3.63, 3.8) is 0 Å². The largest absolute Gasteiger partial charge is 0.489 e. The second kappa shape index (κ2) is 8.39. The van der Waals surface area contributed by atoms with Crippen LogP contribution in [0.1, 0.15) is 12.5 Å². The number of amides is 2. The van der Waals surface area contributed by atoms with Crippen molar-refractivity contribution in [2.75, 3.05) is 26.2 Å². The maximum Gasteiger partial charge on any atom is 0.242 e. The topological polar surface area (TPSA) is 54.8 Å². The Kier molecular flexibility index (Phi) is 5.51. The molecule has 0 N–H and O–H groups in total. The molecular formula is C23H25N3O3. The molecule has 0 aliphatic carbocycles. The predicted octanol–water partition coefficient (Wildman–Crippen LogP) is 2.91. The van der Waals surface area contributed by atoms with Gasteiger partial charge in [-0.15, -0.1) is 0 Å².